The van der Waals surface area contributed by atoms with Gasteiger partial charge in [-0.2, -0.15) is 4.31 Å². The molecule has 1 atom stereocenters. The van der Waals surface area contributed by atoms with Gasteiger partial charge in [-0.15, -0.1) is 0 Å². The van der Waals surface area contributed by atoms with Crippen molar-refractivity contribution in [2.24, 2.45) is 11.7 Å². The smallest absolute Gasteiger partial charge is 0.246 e. The van der Waals surface area contributed by atoms with Gasteiger partial charge in [0.25, 0.3) is 0 Å². The summed E-state index contributed by atoms with van der Waals surface area (Å²) < 4.78 is 32.0. The Morgan fingerprint density at radius 1 is 1.43 bits per heavy atom. The second-order valence-corrected chi connectivity index (χ2v) is 7.17. The highest BCUT2D eigenvalue weighted by Crippen LogP contribution is 2.30. The summed E-state index contributed by atoms with van der Waals surface area (Å²) >= 11 is 0. The highest BCUT2D eigenvalue weighted by atomic mass is 32.2. The molecule has 1 aromatic carbocycles. The average molecular weight is 312 g/mol. The van der Waals surface area contributed by atoms with Crippen LogP contribution in [0.15, 0.2) is 23.1 Å². The number of amides is 1. The number of sulfonamides is 1. The summed E-state index contributed by atoms with van der Waals surface area (Å²) in [4.78, 5) is 11.5. The summed E-state index contributed by atoms with van der Waals surface area (Å²) in [6.45, 7) is 2.35. The van der Waals surface area contributed by atoms with Gasteiger partial charge in [0.2, 0.25) is 15.9 Å². The third-order valence-electron chi connectivity index (χ3n) is 3.72. The first-order valence-corrected chi connectivity index (χ1v) is 8.24. The number of methoxy groups -OCH3 is 1. The van der Waals surface area contributed by atoms with E-state index in [1.54, 1.807) is 18.2 Å². The molecule has 2 N–H and O–H groups in total. The highest BCUT2D eigenvalue weighted by Gasteiger charge is 2.34. The van der Waals surface area contributed by atoms with Crippen LogP contribution in [0.25, 0.3) is 0 Å². The molecule has 2 rings (SSSR count). The van der Waals surface area contributed by atoms with E-state index in [0.29, 0.717) is 25.1 Å². The molecule has 0 saturated carbocycles. The number of ether oxygens (including phenoxy) is 1. The maximum absolute atomic E-state index is 12.8. The van der Waals surface area contributed by atoms with Crippen LogP contribution in [0, 0.1) is 12.8 Å². The molecule has 1 heterocycles. The minimum Gasteiger partial charge on any atom is -0.495 e. The summed E-state index contributed by atoms with van der Waals surface area (Å²) in [5.41, 5.74) is 6.14. The topological polar surface area (TPSA) is 89.7 Å². The van der Waals surface area contributed by atoms with Crippen molar-refractivity contribution in [1.82, 2.24) is 4.31 Å². The van der Waals surface area contributed by atoms with Crippen LogP contribution in [0.4, 0.5) is 0 Å². The Kier molecular flexibility index (Phi) is 4.53. The van der Waals surface area contributed by atoms with Gasteiger partial charge in [-0.1, -0.05) is 6.07 Å². The fourth-order valence-corrected chi connectivity index (χ4v) is 4.28. The van der Waals surface area contributed by atoms with E-state index in [1.165, 1.54) is 11.4 Å². The monoisotopic (exact) mass is 312 g/mol. The number of benzene rings is 1. The molecule has 6 nitrogen and oxygen atoms in total. The second-order valence-electron chi connectivity index (χ2n) is 5.26. The van der Waals surface area contributed by atoms with Crippen LogP contribution >= 0.6 is 0 Å². The van der Waals surface area contributed by atoms with Crippen LogP contribution in [0.3, 0.4) is 0 Å². The van der Waals surface area contributed by atoms with Crippen molar-refractivity contribution in [3.63, 3.8) is 0 Å². The Labute approximate surface area is 124 Å². The summed E-state index contributed by atoms with van der Waals surface area (Å²) in [5.74, 6) is -0.572. The van der Waals surface area contributed by atoms with E-state index in [0.717, 1.165) is 5.56 Å². The number of carbonyl (C=O) groups is 1. The minimum atomic E-state index is -3.69. The van der Waals surface area contributed by atoms with Crippen molar-refractivity contribution < 1.29 is 17.9 Å². The number of nitrogens with zero attached hydrogens (tertiary/aromatic N) is 1. The number of aryl methyl sites for hydroxylation is 1. The van der Waals surface area contributed by atoms with E-state index >= 15 is 0 Å². The molecule has 0 radical (unpaired) electrons. The van der Waals surface area contributed by atoms with Crippen molar-refractivity contribution in [2.75, 3.05) is 20.2 Å². The number of primary amides is 1. The molecule has 1 saturated heterocycles. The Bertz CT molecular complexity index is 642. The lowest BCUT2D eigenvalue weighted by Crippen LogP contribution is -2.44. The molecule has 1 aromatic rings. The molecule has 7 heteroatoms. The molecular formula is C14H20N2O4S. The lowest BCUT2D eigenvalue weighted by molar-refractivity contribution is -0.122. The summed E-state index contributed by atoms with van der Waals surface area (Å²) in [6, 6.07) is 5.01. The van der Waals surface area contributed by atoms with Crippen molar-refractivity contribution in [3.05, 3.63) is 23.8 Å². The maximum Gasteiger partial charge on any atom is 0.246 e. The molecule has 1 fully saturated rings. The fourth-order valence-electron chi connectivity index (χ4n) is 2.52. The van der Waals surface area contributed by atoms with Crippen LogP contribution in [-0.2, 0) is 14.8 Å². The Balaban J connectivity index is 2.38. The number of hydrogen-bond donors (Lipinski definition) is 1. The zero-order valence-corrected chi connectivity index (χ0v) is 13.0. The lowest BCUT2D eigenvalue weighted by atomic mass is 9.99. The molecule has 1 aliphatic rings. The van der Waals surface area contributed by atoms with E-state index in [1.807, 2.05) is 6.92 Å². The van der Waals surface area contributed by atoms with E-state index in [4.69, 9.17) is 10.5 Å². The van der Waals surface area contributed by atoms with Crippen LogP contribution in [-0.4, -0.2) is 38.8 Å². The number of nitrogens with two attached hydrogens (primary N) is 1. The third kappa shape index (κ3) is 3.19. The zero-order chi connectivity index (χ0) is 15.6. The van der Waals surface area contributed by atoms with Gasteiger partial charge in [0.15, 0.2) is 0 Å². The molecule has 0 aromatic heterocycles. The van der Waals surface area contributed by atoms with E-state index in [-0.39, 0.29) is 11.4 Å². The fraction of sp³-hybridized carbons (Fsp3) is 0.500. The van der Waals surface area contributed by atoms with Gasteiger partial charge in [-0.3, -0.25) is 4.79 Å². The molecule has 21 heavy (non-hydrogen) atoms. The number of carbonyl (C=O) groups excluding carboxylic acids is 1. The third-order valence-corrected chi connectivity index (χ3v) is 5.61. The number of rotatable bonds is 4. The molecular weight excluding hydrogens is 292 g/mol. The van der Waals surface area contributed by atoms with E-state index in [9.17, 15) is 13.2 Å². The first-order chi connectivity index (χ1) is 9.86. The predicted octanol–water partition coefficient (Wildman–Crippen LogP) is 0.890. The van der Waals surface area contributed by atoms with Crippen molar-refractivity contribution in [3.8, 4) is 5.75 Å². The Morgan fingerprint density at radius 3 is 2.76 bits per heavy atom. The normalized spacial score (nSPS) is 20.2. The lowest BCUT2D eigenvalue weighted by Gasteiger charge is -2.30. The van der Waals surface area contributed by atoms with Crippen LogP contribution in [0.1, 0.15) is 18.4 Å². The molecule has 0 bridgehead atoms. The minimum absolute atomic E-state index is 0.134. The van der Waals surface area contributed by atoms with Gasteiger partial charge in [-0.05, 0) is 37.5 Å². The maximum atomic E-state index is 12.8. The first kappa shape index (κ1) is 15.8. The second kappa shape index (κ2) is 6.03. The van der Waals surface area contributed by atoms with Gasteiger partial charge >= 0.3 is 0 Å². The quantitative estimate of drug-likeness (QED) is 0.894. The van der Waals surface area contributed by atoms with Crippen molar-refractivity contribution >= 4 is 15.9 Å². The Hall–Kier alpha value is -1.60. The number of hydrogen-bond acceptors (Lipinski definition) is 4. The SMILES string of the molecule is COc1ccc(C)cc1S(=O)(=O)N1CCC[C@H](C(N)=O)C1. The first-order valence-electron chi connectivity index (χ1n) is 6.80. The molecule has 0 spiro atoms. The average Bonchev–Trinajstić information content (AvgIpc) is 2.47. The number of piperidine rings is 1. The molecule has 0 aliphatic carbocycles. The van der Waals surface area contributed by atoms with E-state index < -0.39 is 21.8 Å². The zero-order valence-electron chi connectivity index (χ0n) is 12.2. The van der Waals surface area contributed by atoms with Gasteiger partial charge in [0.1, 0.15) is 10.6 Å². The standard InChI is InChI=1S/C14H20N2O4S/c1-10-5-6-12(20-2)13(8-10)21(18,19)16-7-3-4-11(9-16)14(15)17/h5-6,8,11H,3-4,7,9H2,1-2H3,(H2,15,17)/t11-/m0/s1. The summed E-state index contributed by atoms with van der Waals surface area (Å²) in [6.07, 6.45) is 1.26. The van der Waals surface area contributed by atoms with Gasteiger partial charge in [0, 0.05) is 13.1 Å². The van der Waals surface area contributed by atoms with Crippen molar-refractivity contribution in [1.29, 1.82) is 0 Å². The van der Waals surface area contributed by atoms with Gasteiger partial charge < -0.3 is 10.5 Å². The predicted molar refractivity (Wildman–Crippen MR) is 78.4 cm³/mol. The summed E-state index contributed by atoms with van der Waals surface area (Å²) in [5, 5.41) is 0. The molecule has 116 valence electrons. The Morgan fingerprint density at radius 2 is 2.14 bits per heavy atom. The largest absolute Gasteiger partial charge is 0.495 e. The summed E-state index contributed by atoms with van der Waals surface area (Å²) in [7, 11) is -2.26. The van der Waals surface area contributed by atoms with Gasteiger partial charge in [-0.25, -0.2) is 8.42 Å². The highest BCUT2D eigenvalue weighted by molar-refractivity contribution is 7.89. The van der Waals surface area contributed by atoms with E-state index in [2.05, 4.69) is 0 Å². The van der Waals surface area contributed by atoms with Crippen LogP contribution < -0.4 is 10.5 Å². The van der Waals surface area contributed by atoms with Crippen molar-refractivity contribution in [2.45, 2.75) is 24.7 Å². The molecule has 0 unspecified atom stereocenters. The molecule has 1 aliphatic heterocycles. The van der Waals surface area contributed by atoms with Crippen LogP contribution in [0.2, 0.25) is 0 Å². The molecule has 1 amide bonds. The van der Waals surface area contributed by atoms with Crippen LogP contribution in [0.5, 0.6) is 5.75 Å². The van der Waals surface area contributed by atoms with Gasteiger partial charge in [0.05, 0.1) is 13.0 Å².